The molecule has 0 fully saturated rings. The molecule has 0 aliphatic rings. The zero-order valence-corrected chi connectivity index (χ0v) is 9.27. The average molecular weight is 242 g/mol. The van der Waals surface area contributed by atoms with E-state index in [1.165, 1.54) is 0 Å². The molecule has 4 N–H and O–H groups in total. The highest BCUT2D eigenvalue weighted by atomic mass is 19.4. The zero-order chi connectivity index (χ0) is 13.0. The van der Waals surface area contributed by atoms with Crippen molar-refractivity contribution in [3.05, 3.63) is 0 Å². The summed E-state index contributed by atoms with van der Waals surface area (Å²) in [4.78, 5) is 11.2. The number of nitrogens with two attached hydrogens (primary N) is 1. The molecule has 0 aromatic rings. The third-order valence-electron chi connectivity index (χ3n) is 2.18. The van der Waals surface area contributed by atoms with Gasteiger partial charge < -0.3 is 16.2 Å². The van der Waals surface area contributed by atoms with Gasteiger partial charge in [0.1, 0.15) is 0 Å². The van der Waals surface area contributed by atoms with Crippen LogP contribution in [0.25, 0.3) is 0 Å². The van der Waals surface area contributed by atoms with Gasteiger partial charge in [-0.25, -0.2) is 0 Å². The Morgan fingerprint density at radius 3 is 2.38 bits per heavy atom. The van der Waals surface area contributed by atoms with Crippen molar-refractivity contribution >= 4 is 5.91 Å². The predicted octanol–water partition coefficient (Wildman–Crippen LogP) is 0.543. The van der Waals surface area contributed by atoms with E-state index in [4.69, 9.17) is 5.73 Å². The molecular formula is C9H17F3N2O2. The molecule has 7 heteroatoms. The molecule has 4 nitrogen and oxygen atoms in total. The second-order valence-electron chi connectivity index (χ2n) is 3.85. The number of aliphatic hydroxyl groups excluding tert-OH is 1. The Kier molecular flexibility index (Phi) is 5.21. The average Bonchev–Trinajstić information content (AvgIpc) is 2.12. The minimum absolute atomic E-state index is 0.227. The van der Waals surface area contributed by atoms with Gasteiger partial charge in [0, 0.05) is 6.54 Å². The lowest BCUT2D eigenvalue weighted by molar-refractivity contribution is -0.187. The molecule has 0 aliphatic carbocycles. The molecule has 0 saturated carbocycles. The molecule has 0 bridgehead atoms. The fourth-order valence-corrected chi connectivity index (χ4v) is 0.958. The van der Waals surface area contributed by atoms with E-state index in [1.807, 2.05) is 12.2 Å². The van der Waals surface area contributed by atoms with Gasteiger partial charge in [0.05, 0.1) is 6.10 Å². The molecule has 2 unspecified atom stereocenters. The van der Waals surface area contributed by atoms with Crippen LogP contribution in [0.3, 0.4) is 0 Å². The van der Waals surface area contributed by atoms with Crippen LogP contribution in [-0.2, 0) is 4.79 Å². The summed E-state index contributed by atoms with van der Waals surface area (Å²) in [5.74, 6) is -1.34. The van der Waals surface area contributed by atoms with Crippen LogP contribution in [0.5, 0.6) is 0 Å². The topological polar surface area (TPSA) is 75.3 Å². The second-order valence-corrected chi connectivity index (χ2v) is 3.85. The summed E-state index contributed by atoms with van der Waals surface area (Å²) in [6.07, 6.45) is -4.57. The standard InChI is InChI=1S/C9H17F3N2O2/c1-3-4-6(15)5-14-7(16)8(2,13)9(10,11)12/h6,15H,3-5,13H2,1-2H3,(H,14,16). The number of hydrogen-bond acceptors (Lipinski definition) is 3. The Balaban J connectivity index is 4.27. The highest BCUT2D eigenvalue weighted by Gasteiger charge is 2.53. The van der Waals surface area contributed by atoms with Crippen molar-refractivity contribution in [2.75, 3.05) is 6.54 Å². The molecular weight excluding hydrogens is 225 g/mol. The first-order valence-electron chi connectivity index (χ1n) is 4.95. The van der Waals surface area contributed by atoms with Crippen LogP contribution in [0.1, 0.15) is 26.7 Å². The smallest absolute Gasteiger partial charge is 0.391 e. The minimum Gasteiger partial charge on any atom is -0.391 e. The van der Waals surface area contributed by atoms with Crippen LogP contribution >= 0.6 is 0 Å². The molecule has 0 radical (unpaired) electrons. The Morgan fingerprint density at radius 1 is 1.50 bits per heavy atom. The van der Waals surface area contributed by atoms with Gasteiger partial charge in [-0.05, 0) is 13.3 Å². The molecule has 0 aliphatic heterocycles. The van der Waals surface area contributed by atoms with Crippen molar-refractivity contribution < 1.29 is 23.1 Å². The van der Waals surface area contributed by atoms with E-state index in [9.17, 15) is 23.1 Å². The minimum atomic E-state index is -4.81. The van der Waals surface area contributed by atoms with E-state index in [0.29, 0.717) is 19.8 Å². The van der Waals surface area contributed by atoms with Gasteiger partial charge in [-0.1, -0.05) is 13.3 Å². The highest BCUT2D eigenvalue weighted by molar-refractivity contribution is 5.86. The van der Waals surface area contributed by atoms with Gasteiger partial charge in [-0.2, -0.15) is 13.2 Å². The van der Waals surface area contributed by atoms with Gasteiger partial charge in [0.25, 0.3) is 0 Å². The number of alkyl halides is 3. The number of amides is 1. The van der Waals surface area contributed by atoms with Crippen molar-refractivity contribution in [1.82, 2.24) is 5.32 Å². The van der Waals surface area contributed by atoms with Crippen LogP contribution in [0.15, 0.2) is 0 Å². The van der Waals surface area contributed by atoms with Crippen molar-refractivity contribution in [1.29, 1.82) is 0 Å². The highest BCUT2D eigenvalue weighted by Crippen LogP contribution is 2.27. The lowest BCUT2D eigenvalue weighted by Gasteiger charge is -2.26. The molecule has 1 amide bonds. The summed E-state index contributed by atoms with van der Waals surface area (Å²) >= 11 is 0. The van der Waals surface area contributed by atoms with Gasteiger partial charge in [-0.15, -0.1) is 0 Å². The van der Waals surface area contributed by atoms with E-state index in [2.05, 4.69) is 0 Å². The molecule has 0 aromatic carbocycles. The van der Waals surface area contributed by atoms with Crippen LogP contribution in [0, 0.1) is 0 Å². The summed E-state index contributed by atoms with van der Waals surface area (Å²) in [5.41, 5.74) is 1.95. The van der Waals surface area contributed by atoms with E-state index >= 15 is 0 Å². The Morgan fingerprint density at radius 2 is 2.00 bits per heavy atom. The van der Waals surface area contributed by atoms with E-state index < -0.39 is 23.7 Å². The third kappa shape index (κ3) is 3.97. The van der Waals surface area contributed by atoms with Crippen molar-refractivity contribution in [2.45, 2.75) is 44.5 Å². The summed E-state index contributed by atoms with van der Waals surface area (Å²) in [7, 11) is 0. The number of carbonyl (C=O) groups excluding carboxylic acids is 1. The molecule has 0 heterocycles. The summed E-state index contributed by atoms with van der Waals surface area (Å²) in [6.45, 7) is 2.18. The number of halogens is 3. The van der Waals surface area contributed by atoms with Crippen molar-refractivity contribution in [3.8, 4) is 0 Å². The Bertz CT molecular complexity index is 241. The largest absolute Gasteiger partial charge is 0.415 e. The quantitative estimate of drug-likeness (QED) is 0.658. The number of aliphatic hydroxyl groups is 1. The van der Waals surface area contributed by atoms with Crippen molar-refractivity contribution in [3.63, 3.8) is 0 Å². The molecule has 0 rings (SSSR count). The van der Waals surface area contributed by atoms with Gasteiger partial charge in [0.15, 0.2) is 5.54 Å². The second kappa shape index (κ2) is 5.49. The molecule has 2 atom stereocenters. The number of carbonyl (C=O) groups is 1. The molecule has 96 valence electrons. The van der Waals surface area contributed by atoms with Gasteiger partial charge >= 0.3 is 6.18 Å². The van der Waals surface area contributed by atoms with E-state index in [-0.39, 0.29) is 6.54 Å². The third-order valence-corrected chi connectivity index (χ3v) is 2.18. The molecule has 0 spiro atoms. The van der Waals surface area contributed by atoms with Crippen LogP contribution in [0.2, 0.25) is 0 Å². The molecule has 16 heavy (non-hydrogen) atoms. The number of rotatable bonds is 5. The van der Waals surface area contributed by atoms with Gasteiger partial charge in [0.2, 0.25) is 5.91 Å². The molecule has 0 saturated heterocycles. The first kappa shape index (κ1) is 15.2. The maximum atomic E-state index is 12.3. The van der Waals surface area contributed by atoms with Gasteiger partial charge in [-0.3, -0.25) is 4.79 Å². The van der Waals surface area contributed by atoms with E-state index in [0.717, 1.165) is 0 Å². The SMILES string of the molecule is CCCC(O)CNC(=O)C(C)(N)C(F)(F)F. The number of nitrogens with one attached hydrogen (secondary N) is 1. The van der Waals surface area contributed by atoms with Crippen LogP contribution in [-0.4, -0.2) is 35.4 Å². The Hall–Kier alpha value is -0.820. The zero-order valence-electron chi connectivity index (χ0n) is 9.27. The first-order chi connectivity index (χ1) is 7.13. The fraction of sp³-hybridized carbons (Fsp3) is 0.889. The normalized spacial score (nSPS) is 17.7. The maximum absolute atomic E-state index is 12.3. The van der Waals surface area contributed by atoms with E-state index in [1.54, 1.807) is 0 Å². The summed E-state index contributed by atoms with van der Waals surface area (Å²) in [6, 6.07) is 0. The molecule has 0 aromatic heterocycles. The predicted molar refractivity (Wildman–Crippen MR) is 52.6 cm³/mol. The number of hydrogen-bond donors (Lipinski definition) is 3. The monoisotopic (exact) mass is 242 g/mol. The maximum Gasteiger partial charge on any atom is 0.415 e. The lowest BCUT2D eigenvalue weighted by Crippen LogP contribution is -2.61. The van der Waals surface area contributed by atoms with Crippen LogP contribution < -0.4 is 11.1 Å². The lowest BCUT2D eigenvalue weighted by atomic mass is 10.0. The summed E-state index contributed by atoms with van der Waals surface area (Å²) < 4.78 is 36.9. The first-order valence-corrected chi connectivity index (χ1v) is 4.95. The van der Waals surface area contributed by atoms with Crippen LogP contribution in [0.4, 0.5) is 13.2 Å². The Labute approximate surface area is 92.0 Å². The van der Waals surface area contributed by atoms with Crippen molar-refractivity contribution in [2.24, 2.45) is 5.73 Å². The fourth-order valence-electron chi connectivity index (χ4n) is 0.958. The summed E-state index contributed by atoms with van der Waals surface area (Å²) in [5, 5.41) is 11.2.